The number of carbonyl (C=O) groups is 2. The van der Waals surface area contributed by atoms with Crippen molar-refractivity contribution in [3.63, 3.8) is 0 Å². The maximum Gasteiger partial charge on any atom is 0.371 e. The lowest BCUT2D eigenvalue weighted by molar-refractivity contribution is -0.135. The van der Waals surface area contributed by atoms with Crippen LogP contribution in [-0.2, 0) is 20.7 Å². The average Bonchev–Trinajstić information content (AvgIpc) is 3.30. The van der Waals surface area contributed by atoms with E-state index in [-0.39, 0.29) is 16.1 Å². The molecule has 214 valence electrons. The number of anilines is 1. The van der Waals surface area contributed by atoms with E-state index in [1.807, 2.05) is 24.3 Å². The summed E-state index contributed by atoms with van der Waals surface area (Å²) in [7, 11) is 2.55. The molecule has 40 heavy (non-hydrogen) atoms. The van der Waals surface area contributed by atoms with E-state index in [9.17, 15) is 18.4 Å². The van der Waals surface area contributed by atoms with Gasteiger partial charge in [-0.1, -0.05) is 50.3 Å². The highest BCUT2D eigenvalue weighted by atomic mass is 32.1. The van der Waals surface area contributed by atoms with Gasteiger partial charge in [0.1, 0.15) is 17.3 Å². The van der Waals surface area contributed by atoms with E-state index in [4.69, 9.17) is 14.6 Å². The SMILES string of the molecule is COC(=Cc1c(F)cc(C(=O)Nc2nc(-c3cccc(CCCOCC(C)(C)C)c3)c(OC)s2)cc1F)C(=O)O. The number of benzene rings is 2. The third kappa shape index (κ3) is 8.33. The number of carboxylic acids is 1. The number of carboxylic acid groups (broad SMARTS) is 1. The maximum atomic E-state index is 14.6. The first-order valence-corrected chi connectivity index (χ1v) is 13.2. The number of hydrogen-bond acceptors (Lipinski definition) is 7. The van der Waals surface area contributed by atoms with Crippen molar-refractivity contribution in [3.8, 4) is 16.3 Å². The molecule has 0 atom stereocenters. The third-order valence-electron chi connectivity index (χ3n) is 5.54. The fourth-order valence-electron chi connectivity index (χ4n) is 3.67. The van der Waals surface area contributed by atoms with Gasteiger partial charge in [0.2, 0.25) is 10.8 Å². The smallest absolute Gasteiger partial charge is 0.371 e. The summed E-state index contributed by atoms with van der Waals surface area (Å²) >= 11 is 1.07. The minimum Gasteiger partial charge on any atom is -0.490 e. The quantitative estimate of drug-likeness (QED) is 0.146. The lowest BCUT2D eigenvalue weighted by Crippen LogP contribution is -2.15. The molecule has 1 heterocycles. The van der Waals surface area contributed by atoms with E-state index in [2.05, 4.69) is 35.8 Å². The van der Waals surface area contributed by atoms with Crippen LogP contribution in [0.1, 0.15) is 48.7 Å². The molecule has 0 aliphatic carbocycles. The van der Waals surface area contributed by atoms with Crippen LogP contribution in [0, 0.1) is 17.0 Å². The Morgan fingerprint density at radius 1 is 1.12 bits per heavy atom. The van der Waals surface area contributed by atoms with Crippen molar-refractivity contribution >= 4 is 34.4 Å². The van der Waals surface area contributed by atoms with Crippen molar-refractivity contribution in [3.05, 3.63) is 70.5 Å². The summed E-state index contributed by atoms with van der Waals surface area (Å²) in [6.07, 6.45) is 2.38. The lowest BCUT2D eigenvalue weighted by atomic mass is 9.99. The molecule has 11 heteroatoms. The number of hydrogen-bond donors (Lipinski definition) is 2. The zero-order chi connectivity index (χ0) is 29.4. The molecule has 0 aliphatic heterocycles. The molecule has 3 aromatic rings. The molecule has 3 rings (SSSR count). The van der Waals surface area contributed by atoms with Crippen LogP contribution in [0.3, 0.4) is 0 Å². The van der Waals surface area contributed by atoms with Gasteiger partial charge in [-0.2, -0.15) is 0 Å². The monoisotopic (exact) mass is 574 g/mol. The highest BCUT2D eigenvalue weighted by molar-refractivity contribution is 7.18. The molecule has 0 fully saturated rings. The summed E-state index contributed by atoms with van der Waals surface area (Å²) < 4.78 is 45.0. The Morgan fingerprint density at radius 3 is 2.42 bits per heavy atom. The molecule has 1 aromatic heterocycles. The van der Waals surface area contributed by atoms with Crippen molar-refractivity contribution in [2.45, 2.75) is 33.6 Å². The zero-order valence-corrected chi connectivity index (χ0v) is 23.8. The number of ether oxygens (including phenoxy) is 3. The second kappa shape index (κ2) is 13.5. The molecule has 0 bridgehead atoms. The van der Waals surface area contributed by atoms with Crippen molar-refractivity contribution in [1.82, 2.24) is 4.98 Å². The van der Waals surface area contributed by atoms with Crippen molar-refractivity contribution in [1.29, 1.82) is 0 Å². The number of aliphatic carboxylic acids is 1. The first kappa shape index (κ1) is 30.7. The van der Waals surface area contributed by atoms with Gasteiger partial charge in [-0.15, -0.1) is 0 Å². The second-order valence-electron chi connectivity index (χ2n) is 10.1. The van der Waals surface area contributed by atoms with Crippen molar-refractivity contribution in [2.75, 3.05) is 32.8 Å². The third-order valence-corrected chi connectivity index (χ3v) is 6.47. The Bertz CT molecular complexity index is 1370. The largest absolute Gasteiger partial charge is 0.490 e. The van der Waals surface area contributed by atoms with E-state index < -0.39 is 34.8 Å². The van der Waals surface area contributed by atoms with Crippen LogP contribution in [0.4, 0.5) is 13.9 Å². The van der Waals surface area contributed by atoms with E-state index in [0.29, 0.717) is 30.0 Å². The summed E-state index contributed by atoms with van der Waals surface area (Å²) in [6, 6.07) is 9.42. The van der Waals surface area contributed by atoms with E-state index >= 15 is 0 Å². The molecule has 0 aliphatic rings. The fraction of sp³-hybridized carbons (Fsp3) is 0.345. The van der Waals surface area contributed by atoms with Crippen LogP contribution in [0.5, 0.6) is 5.06 Å². The van der Waals surface area contributed by atoms with Gasteiger partial charge in [0, 0.05) is 29.4 Å². The highest BCUT2D eigenvalue weighted by Gasteiger charge is 2.20. The second-order valence-corrected chi connectivity index (χ2v) is 11.1. The number of amides is 1. The first-order valence-electron chi connectivity index (χ1n) is 12.4. The number of thiazole rings is 1. The molecule has 0 radical (unpaired) electrons. The van der Waals surface area contributed by atoms with Gasteiger partial charge in [0.05, 0.1) is 20.8 Å². The number of carbonyl (C=O) groups excluding carboxylic acids is 1. The molecule has 2 aromatic carbocycles. The van der Waals surface area contributed by atoms with Crippen LogP contribution in [0.15, 0.2) is 42.2 Å². The Balaban J connectivity index is 1.75. The zero-order valence-electron chi connectivity index (χ0n) is 23.0. The summed E-state index contributed by atoms with van der Waals surface area (Å²) in [5.74, 6) is -5.20. The Labute approximate surface area is 235 Å². The predicted octanol–water partition coefficient (Wildman–Crippen LogP) is 6.42. The average molecular weight is 575 g/mol. The molecule has 0 spiro atoms. The number of nitrogens with zero attached hydrogens (tertiary/aromatic N) is 1. The van der Waals surface area contributed by atoms with Gasteiger partial charge in [0.15, 0.2) is 5.13 Å². The molecule has 0 unspecified atom stereocenters. The summed E-state index contributed by atoms with van der Waals surface area (Å²) in [5, 5.41) is 12.2. The van der Waals surface area contributed by atoms with Crippen LogP contribution >= 0.6 is 11.3 Å². The molecular formula is C29H32F2N2O6S. The number of rotatable bonds is 12. The Hall–Kier alpha value is -3.83. The van der Waals surface area contributed by atoms with Crippen LogP contribution < -0.4 is 10.1 Å². The number of halogens is 2. The van der Waals surface area contributed by atoms with Crippen LogP contribution in [0.2, 0.25) is 0 Å². The van der Waals surface area contributed by atoms with Crippen molar-refractivity contribution in [2.24, 2.45) is 5.41 Å². The molecule has 0 saturated carbocycles. The molecular weight excluding hydrogens is 542 g/mol. The fourth-order valence-corrected chi connectivity index (χ4v) is 4.47. The molecule has 8 nitrogen and oxygen atoms in total. The first-order chi connectivity index (χ1) is 18.9. The van der Waals surface area contributed by atoms with Crippen molar-refractivity contribution < 1.29 is 37.7 Å². The topological polar surface area (TPSA) is 107 Å². The van der Waals surface area contributed by atoms with Gasteiger partial charge in [0.25, 0.3) is 5.91 Å². The standard InChI is InChI=1S/C29H32F2N2O6S/c1-29(2,3)16-39-11-7-9-17-8-6-10-18(12-17)24-27(38-5)40-28(32-24)33-25(34)19-13-21(30)20(22(31)14-19)15-23(37-4)26(35)36/h6,8,10,12-15H,7,9,11,16H2,1-5H3,(H,35,36)(H,32,33,34). The van der Waals surface area contributed by atoms with Gasteiger partial charge in [-0.3, -0.25) is 10.1 Å². The summed E-state index contributed by atoms with van der Waals surface area (Å²) in [5.41, 5.74) is 1.57. The number of methoxy groups -OCH3 is 2. The molecule has 2 N–H and O–H groups in total. The number of aromatic nitrogens is 1. The van der Waals surface area contributed by atoms with Gasteiger partial charge >= 0.3 is 5.97 Å². The Morgan fingerprint density at radius 2 is 1.82 bits per heavy atom. The van der Waals surface area contributed by atoms with Gasteiger partial charge in [-0.25, -0.2) is 18.6 Å². The predicted molar refractivity (Wildman–Crippen MR) is 150 cm³/mol. The number of aryl methyl sites for hydroxylation is 1. The van der Waals surface area contributed by atoms with Gasteiger partial charge in [-0.05, 0) is 42.0 Å². The molecule has 0 saturated heterocycles. The summed E-state index contributed by atoms with van der Waals surface area (Å²) in [6.45, 7) is 7.73. The maximum absolute atomic E-state index is 14.6. The Kier molecular flexibility index (Phi) is 10.4. The molecule has 1 amide bonds. The number of nitrogens with one attached hydrogen (secondary N) is 1. The normalized spacial score (nSPS) is 11.8. The van der Waals surface area contributed by atoms with E-state index in [0.717, 1.165) is 54.5 Å². The van der Waals surface area contributed by atoms with E-state index in [1.54, 1.807) is 0 Å². The van der Waals surface area contributed by atoms with Gasteiger partial charge < -0.3 is 19.3 Å². The van der Waals surface area contributed by atoms with Crippen LogP contribution in [-0.4, -0.2) is 49.4 Å². The highest BCUT2D eigenvalue weighted by Crippen LogP contribution is 2.38. The summed E-state index contributed by atoms with van der Waals surface area (Å²) in [4.78, 5) is 28.4. The minimum absolute atomic E-state index is 0.118. The lowest BCUT2D eigenvalue weighted by Gasteiger charge is -2.17. The van der Waals surface area contributed by atoms with E-state index in [1.165, 1.54) is 7.11 Å². The minimum atomic E-state index is -1.49. The van der Waals surface area contributed by atoms with Crippen LogP contribution in [0.25, 0.3) is 17.3 Å².